The average Bonchev–Trinajstić information content (AvgIpc) is 3.52. The number of hydrogen-bond donors (Lipinski definition) is 2. The summed E-state index contributed by atoms with van der Waals surface area (Å²) in [5.74, 6) is 0.412. The van der Waals surface area contributed by atoms with Crippen molar-refractivity contribution in [3.05, 3.63) is 99.8 Å². The predicted octanol–water partition coefficient (Wildman–Crippen LogP) is 5.28. The van der Waals surface area contributed by atoms with E-state index in [1.54, 1.807) is 24.3 Å². The van der Waals surface area contributed by atoms with Crippen LogP contribution in [-0.2, 0) is 0 Å². The molecule has 1 aliphatic heterocycles. The van der Waals surface area contributed by atoms with Crippen molar-refractivity contribution < 1.29 is 9.59 Å². The number of carbonyl (C=O) groups is 2. The summed E-state index contributed by atoms with van der Waals surface area (Å²) in [7, 11) is 0. The number of H-pyrrole nitrogens is 1. The van der Waals surface area contributed by atoms with E-state index in [1.807, 2.05) is 54.3 Å². The fraction of sp³-hybridized carbons (Fsp3) is 0.222. The molecule has 0 bridgehead atoms. The second-order valence-electron chi connectivity index (χ2n) is 8.63. The Morgan fingerprint density at radius 1 is 1.03 bits per heavy atom. The Hall–Kier alpha value is -3.64. The number of rotatable bonds is 5. The molecule has 5 rings (SSSR count). The third kappa shape index (κ3) is 4.41. The van der Waals surface area contributed by atoms with Crippen molar-refractivity contribution >= 4 is 34.4 Å². The topological polar surface area (TPSA) is 78.1 Å². The average molecular weight is 473 g/mol. The number of aromatic amines is 1. The number of amides is 2. The van der Waals surface area contributed by atoms with E-state index in [1.165, 1.54) is 0 Å². The molecule has 1 saturated heterocycles. The molecule has 2 N–H and O–H groups in total. The number of aromatic nitrogens is 2. The van der Waals surface area contributed by atoms with Crippen LogP contribution in [0.2, 0.25) is 5.02 Å². The third-order valence-corrected chi connectivity index (χ3v) is 6.49. The first kappa shape index (κ1) is 22.2. The smallest absolute Gasteiger partial charge is 0.254 e. The number of halogens is 1. The number of aryl methyl sites for hydroxylation is 1. The van der Waals surface area contributed by atoms with Crippen molar-refractivity contribution in [1.29, 1.82) is 0 Å². The molecule has 0 spiro atoms. The SMILES string of the molecule is Cc1cc(C(=O)N[C@@H](c2ccccc2)c2nc3ccc(Cl)cc3[nH]2)ccc1C(=O)N1CCCC1. The Balaban J connectivity index is 1.43. The second kappa shape index (κ2) is 9.31. The summed E-state index contributed by atoms with van der Waals surface area (Å²) in [6.45, 7) is 3.46. The normalized spacial score (nSPS) is 14.4. The number of imidazole rings is 1. The number of benzene rings is 3. The minimum Gasteiger partial charge on any atom is -0.340 e. The molecule has 2 amide bonds. The highest BCUT2D eigenvalue weighted by Gasteiger charge is 2.24. The highest BCUT2D eigenvalue weighted by Crippen LogP contribution is 2.25. The molecule has 0 radical (unpaired) electrons. The first-order valence-electron chi connectivity index (χ1n) is 11.4. The molecular formula is C27H25ClN4O2. The highest BCUT2D eigenvalue weighted by atomic mass is 35.5. The van der Waals surface area contributed by atoms with Crippen LogP contribution in [0.4, 0.5) is 0 Å². The molecule has 1 fully saturated rings. The second-order valence-corrected chi connectivity index (χ2v) is 9.07. The van der Waals surface area contributed by atoms with Crippen molar-refractivity contribution in [2.24, 2.45) is 0 Å². The molecule has 2 heterocycles. The Morgan fingerprint density at radius 3 is 2.53 bits per heavy atom. The number of nitrogens with one attached hydrogen (secondary N) is 2. The lowest BCUT2D eigenvalue weighted by Gasteiger charge is -2.19. The summed E-state index contributed by atoms with van der Waals surface area (Å²) in [6.07, 6.45) is 2.08. The zero-order valence-electron chi connectivity index (χ0n) is 18.8. The molecule has 172 valence electrons. The van der Waals surface area contributed by atoms with Gasteiger partial charge < -0.3 is 15.2 Å². The summed E-state index contributed by atoms with van der Waals surface area (Å²) in [6, 6.07) is 19.9. The van der Waals surface area contributed by atoms with Gasteiger partial charge in [0.1, 0.15) is 11.9 Å². The van der Waals surface area contributed by atoms with E-state index < -0.39 is 6.04 Å². The predicted molar refractivity (Wildman–Crippen MR) is 133 cm³/mol. The van der Waals surface area contributed by atoms with Gasteiger partial charge in [0.2, 0.25) is 0 Å². The molecule has 0 unspecified atom stereocenters. The van der Waals surface area contributed by atoms with E-state index in [0.717, 1.165) is 48.1 Å². The van der Waals surface area contributed by atoms with Gasteiger partial charge in [-0.05, 0) is 67.3 Å². The lowest BCUT2D eigenvalue weighted by Crippen LogP contribution is -2.31. The van der Waals surface area contributed by atoms with Crippen molar-refractivity contribution in [1.82, 2.24) is 20.2 Å². The first-order valence-corrected chi connectivity index (χ1v) is 11.8. The lowest BCUT2D eigenvalue weighted by atomic mass is 10.0. The summed E-state index contributed by atoms with van der Waals surface area (Å²) in [4.78, 5) is 36.0. The zero-order chi connectivity index (χ0) is 23.7. The number of carbonyl (C=O) groups excluding carboxylic acids is 2. The maximum atomic E-state index is 13.3. The van der Waals surface area contributed by atoms with Crippen LogP contribution in [0.5, 0.6) is 0 Å². The van der Waals surface area contributed by atoms with Crippen molar-refractivity contribution in [2.45, 2.75) is 25.8 Å². The number of likely N-dealkylation sites (tertiary alicyclic amines) is 1. The minimum absolute atomic E-state index is 0.0325. The van der Waals surface area contributed by atoms with Gasteiger partial charge >= 0.3 is 0 Å². The molecule has 1 aromatic heterocycles. The van der Waals surface area contributed by atoms with Crippen LogP contribution >= 0.6 is 11.6 Å². The third-order valence-electron chi connectivity index (χ3n) is 6.26. The van der Waals surface area contributed by atoms with Crippen LogP contribution < -0.4 is 5.32 Å². The van der Waals surface area contributed by atoms with Gasteiger partial charge in [0.15, 0.2) is 0 Å². The van der Waals surface area contributed by atoms with Gasteiger partial charge in [-0.3, -0.25) is 9.59 Å². The molecule has 3 aromatic carbocycles. The maximum Gasteiger partial charge on any atom is 0.254 e. The van der Waals surface area contributed by atoms with Gasteiger partial charge in [0, 0.05) is 29.2 Å². The molecule has 7 heteroatoms. The fourth-order valence-electron chi connectivity index (χ4n) is 4.44. The largest absolute Gasteiger partial charge is 0.340 e. The van der Waals surface area contributed by atoms with Gasteiger partial charge in [0.25, 0.3) is 11.8 Å². The van der Waals surface area contributed by atoms with E-state index in [4.69, 9.17) is 16.6 Å². The van der Waals surface area contributed by atoms with Gasteiger partial charge in [-0.15, -0.1) is 0 Å². The monoisotopic (exact) mass is 472 g/mol. The van der Waals surface area contributed by atoms with Crippen molar-refractivity contribution in [2.75, 3.05) is 13.1 Å². The molecule has 1 aliphatic rings. The molecule has 6 nitrogen and oxygen atoms in total. The number of nitrogens with zero attached hydrogens (tertiary/aromatic N) is 2. The molecule has 4 aromatic rings. The molecule has 0 aliphatic carbocycles. The maximum absolute atomic E-state index is 13.3. The van der Waals surface area contributed by atoms with Crippen LogP contribution in [0.15, 0.2) is 66.7 Å². The molecule has 34 heavy (non-hydrogen) atoms. The van der Waals surface area contributed by atoms with Crippen LogP contribution in [0.25, 0.3) is 11.0 Å². The summed E-state index contributed by atoms with van der Waals surface area (Å²) < 4.78 is 0. The molecule has 0 saturated carbocycles. The van der Waals surface area contributed by atoms with Gasteiger partial charge in [0.05, 0.1) is 11.0 Å². The highest BCUT2D eigenvalue weighted by molar-refractivity contribution is 6.31. The Labute approximate surface area is 203 Å². The van der Waals surface area contributed by atoms with Crippen LogP contribution in [-0.4, -0.2) is 39.8 Å². The van der Waals surface area contributed by atoms with Gasteiger partial charge in [-0.2, -0.15) is 0 Å². The van der Waals surface area contributed by atoms with Gasteiger partial charge in [-0.1, -0.05) is 41.9 Å². The van der Waals surface area contributed by atoms with Gasteiger partial charge in [-0.25, -0.2) is 4.98 Å². The zero-order valence-corrected chi connectivity index (χ0v) is 19.6. The van der Waals surface area contributed by atoms with E-state index in [-0.39, 0.29) is 11.8 Å². The van der Waals surface area contributed by atoms with E-state index in [0.29, 0.717) is 22.0 Å². The number of hydrogen-bond acceptors (Lipinski definition) is 3. The summed E-state index contributed by atoms with van der Waals surface area (Å²) in [5.41, 5.74) is 4.41. The quantitative estimate of drug-likeness (QED) is 0.414. The van der Waals surface area contributed by atoms with Crippen molar-refractivity contribution in [3.8, 4) is 0 Å². The van der Waals surface area contributed by atoms with Crippen molar-refractivity contribution in [3.63, 3.8) is 0 Å². The lowest BCUT2D eigenvalue weighted by molar-refractivity contribution is 0.0791. The first-order chi connectivity index (χ1) is 16.5. The summed E-state index contributed by atoms with van der Waals surface area (Å²) >= 11 is 6.14. The fourth-order valence-corrected chi connectivity index (χ4v) is 4.62. The van der Waals surface area contributed by atoms with E-state index in [2.05, 4.69) is 10.3 Å². The Kier molecular flexibility index (Phi) is 6.07. The number of fused-ring (bicyclic) bond motifs is 1. The summed E-state index contributed by atoms with van der Waals surface area (Å²) in [5, 5.41) is 3.72. The van der Waals surface area contributed by atoms with Crippen LogP contribution in [0.3, 0.4) is 0 Å². The van der Waals surface area contributed by atoms with E-state index in [9.17, 15) is 9.59 Å². The Bertz CT molecular complexity index is 1360. The minimum atomic E-state index is -0.480. The molecule has 1 atom stereocenters. The van der Waals surface area contributed by atoms with Crippen LogP contribution in [0.1, 0.15) is 56.6 Å². The van der Waals surface area contributed by atoms with E-state index >= 15 is 0 Å². The standard InChI is InChI=1S/C27H25ClN4O2/c1-17-15-19(9-11-21(17)27(34)32-13-5-6-14-32)26(33)31-24(18-7-3-2-4-8-18)25-29-22-12-10-20(28)16-23(22)30-25/h2-4,7-12,15-16,24H,5-6,13-14H2,1H3,(H,29,30)(H,31,33)/t24-/m0/s1. The Morgan fingerprint density at radius 2 is 1.79 bits per heavy atom. The van der Waals surface area contributed by atoms with Crippen LogP contribution in [0, 0.1) is 6.92 Å². The molecular weight excluding hydrogens is 448 g/mol.